The maximum Gasteiger partial charge on any atom is 0.323 e. The van der Waals surface area contributed by atoms with Crippen molar-refractivity contribution in [2.75, 3.05) is 12.9 Å². The molecule has 0 spiro atoms. The number of carbonyl (C=O) groups excluding carboxylic acids is 1. The number of nitro groups is 1. The van der Waals surface area contributed by atoms with Crippen molar-refractivity contribution in [2.24, 2.45) is 0 Å². The molecule has 0 amide bonds. The molecule has 0 fully saturated rings. The minimum atomic E-state index is -3.50. The van der Waals surface area contributed by atoms with Gasteiger partial charge in [-0.25, -0.2) is 4.57 Å². The number of hydrogen-bond donors (Lipinski definition) is 0. The molecule has 0 bridgehead atoms. The molecule has 0 saturated heterocycles. The Kier molecular flexibility index (Phi) is 5.19. The molecular weight excluding hydrogens is 276 g/mol. The van der Waals surface area contributed by atoms with Gasteiger partial charge in [-0.1, -0.05) is 0 Å². The lowest BCUT2D eigenvalue weighted by molar-refractivity contribution is -0.391. The normalized spacial score (nSPS) is 11.4. The second-order valence-electron chi connectivity index (χ2n) is 3.92. The number of nitrogens with zero attached hydrogens (tertiary/aromatic N) is 2. The van der Waals surface area contributed by atoms with Crippen LogP contribution in [0, 0.1) is 10.1 Å². The lowest BCUT2D eigenvalue weighted by atomic mass is 10.2. The van der Waals surface area contributed by atoms with E-state index in [1.54, 1.807) is 0 Å². The average molecular weight is 290 g/mol. The van der Waals surface area contributed by atoms with Crippen molar-refractivity contribution in [1.82, 2.24) is 4.57 Å². The Labute approximate surface area is 110 Å². The van der Waals surface area contributed by atoms with Crippen LogP contribution in [0.5, 0.6) is 0 Å². The van der Waals surface area contributed by atoms with Gasteiger partial charge in [0.1, 0.15) is 6.54 Å². The molecule has 0 aliphatic heterocycles. The molecular formula is C10H14N2O6S. The van der Waals surface area contributed by atoms with Gasteiger partial charge in [0, 0.05) is 12.5 Å². The second kappa shape index (κ2) is 6.43. The highest BCUT2D eigenvalue weighted by atomic mass is 32.2. The van der Waals surface area contributed by atoms with E-state index < -0.39 is 15.0 Å². The van der Waals surface area contributed by atoms with Crippen LogP contribution >= 0.6 is 0 Å². The molecule has 19 heavy (non-hydrogen) atoms. The predicted molar refractivity (Wildman–Crippen MR) is 66.1 cm³/mol. The minimum absolute atomic E-state index is 0.0711. The van der Waals surface area contributed by atoms with Gasteiger partial charge in [-0.2, -0.15) is 8.42 Å². The SMILES string of the molecule is CS(=O)(=O)OCCCC(=O)Cn1cccc1[N+](=O)[O-]. The van der Waals surface area contributed by atoms with Crippen molar-refractivity contribution >= 4 is 21.7 Å². The van der Waals surface area contributed by atoms with Crippen LogP contribution in [0.3, 0.4) is 0 Å². The largest absolute Gasteiger partial charge is 0.358 e. The molecule has 1 rings (SSSR count). The lowest BCUT2D eigenvalue weighted by Gasteiger charge is -2.02. The smallest absolute Gasteiger partial charge is 0.323 e. The highest BCUT2D eigenvalue weighted by Crippen LogP contribution is 2.12. The molecule has 0 aliphatic rings. The predicted octanol–water partition coefficient (Wildman–Crippen LogP) is 0.722. The summed E-state index contributed by atoms with van der Waals surface area (Å²) < 4.78 is 27.0. The molecule has 0 N–H and O–H groups in total. The van der Waals surface area contributed by atoms with Crippen molar-refractivity contribution in [2.45, 2.75) is 19.4 Å². The molecule has 0 saturated carbocycles. The third-order valence-electron chi connectivity index (χ3n) is 2.24. The molecule has 0 aliphatic carbocycles. The number of Topliss-reactive ketones (excluding diaryl/α,β-unsaturated/α-hetero) is 1. The highest BCUT2D eigenvalue weighted by molar-refractivity contribution is 7.85. The summed E-state index contributed by atoms with van der Waals surface area (Å²) in [7, 11) is -3.50. The van der Waals surface area contributed by atoms with Crippen LogP contribution in [-0.4, -0.2) is 36.6 Å². The van der Waals surface area contributed by atoms with Crippen molar-refractivity contribution in [3.63, 3.8) is 0 Å². The van der Waals surface area contributed by atoms with E-state index >= 15 is 0 Å². The monoisotopic (exact) mass is 290 g/mol. The number of ketones is 1. The molecule has 0 unspecified atom stereocenters. The van der Waals surface area contributed by atoms with Crippen LogP contribution in [-0.2, 0) is 25.6 Å². The first kappa shape index (κ1) is 15.3. The van der Waals surface area contributed by atoms with E-state index in [4.69, 9.17) is 0 Å². The first-order valence-corrected chi connectivity index (χ1v) is 7.27. The molecule has 0 atom stereocenters. The lowest BCUT2D eigenvalue weighted by Crippen LogP contribution is -2.12. The maximum atomic E-state index is 11.6. The van der Waals surface area contributed by atoms with Gasteiger partial charge in [-0.3, -0.25) is 8.98 Å². The number of hydrogen-bond acceptors (Lipinski definition) is 6. The molecule has 0 aromatic carbocycles. The van der Waals surface area contributed by atoms with Crippen molar-refractivity contribution in [3.8, 4) is 0 Å². The molecule has 1 heterocycles. The van der Waals surface area contributed by atoms with E-state index in [0.29, 0.717) is 0 Å². The fourth-order valence-electron chi connectivity index (χ4n) is 1.45. The van der Waals surface area contributed by atoms with Crippen LogP contribution < -0.4 is 0 Å². The minimum Gasteiger partial charge on any atom is -0.358 e. The molecule has 1 aromatic heterocycles. The van der Waals surface area contributed by atoms with Crippen molar-refractivity contribution < 1.29 is 22.3 Å². The Hall–Kier alpha value is -1.74. The summed E-state index contributed by atoms with van der Waals surface area (Å²) >= 11 is 0. The summed E-state index contributed by atoms with van der Waals surface area (Å²) in [6, 6.07) is 2.79. The zero-order chi connectivity index (χ0) is 14.5. The highest BCUT2D eigenvalue weighted by Gasteiger charge is 2.15. The van der Waals surface area contributed by atoms with Crippen LogP contribution in [0.1, 0.15) is 12.8 Å². The summed E-state index contributed by atoms with van der Waals surface area (Å²) in [6.45, 7) is -0.180. The van der Waals surface area contributed by atoms with E-state index in [9.17, 15) is 23.3 Å². The van der Waals surface area contributed by atoms with E-state index in [0.717, 1.165) is 6.26 Å². The van der Waals surface area contributed by atoms with Gasteiger partial charge in [-0.05, 0) is 17.4 Å². The van der Waals surface area contributed by atoms with E-state index in [-0.39, 0.29) is 37.6 Å². The van der Waals surface area contributed by atoms with Gasteiger partial charge in [0.05, 0.1) is 19.1 Å². The van der Waals surface area contributed by atoms with Crippen molar-refractivity contribution in [3.05, 3.63) is 28.4 Å². The molecule has 8 nitrogen and oxygen atoms in total. The third-order valence-corrected chi connectivity index (χ3v) is 2.83. The first-order chi connectivity index (χ1) is 8.79. The second-order valence-corrected chi connectivity index (χ2v) is 5.56. The Morgan fingerprint density at radius 2 is 2.21 bits per heavy atom. The van der Waals surface area contributed by atoms with Gasteiger partial charge in [0.15, 0.2) is 5.78 Å². The van der Waals surface area contributed by atoms with Gasteiger partial charge in [-0.15, -0.1) is 0 Å². The van der Waals surface area contributed by atoms with Crippen molar-refractivity contribution in [1.29, 1.82) is 0 Å². The standard InChI is InChI=1S/C10H14N2O6S/c1-19(16,17)18-7-3-4-9(13)8-11-6-2-5-10(11)12(14)15/h2,5-6H,3-4,7-8H2,1H3. The Morgan fingerprint density at radius 3 is 2.79 bits per heavy atom. The quantitative estimate of drug-likeness (QED) is 0.302. The zero-order valence-corrected chi connectivity index (χ0v) is 11.1. The van der Waals surface area contributed by atoms with Gasteiger partial charge < -0.3 is 10.1 Å². The summed E-state index contributed by atoms with van der Waals surface area (Å²) in [5.74, 6) is -0.378. The fourth-order valence-corrected chi connectivity index (χ4v) is 1.87. The Morgan fingerprint density at radius 1 is 1.53 bits per heavy atom. The summed E-state index contributed by atoms with van der Waals surface area (Å²) in [4.78, 5) is 21.6. The fraction of sp³-hybridized carbons (Fsp3) is 0.500. The van der Waals surface area contributed by atoms with Crippen LogP contribution in [0.25, 0.3) is 0 Å². The van der Waals surface area contributed by atoms with Gasteiger partial charge in [0.25, 0.3) is 10.1 Å². The third kappa shape index (κ3) is 5.62. The molecule has 0 radical (unpaired) electrons. The van der Waals surface area contributed by atoms with Gasteiger partial charge >= 0.3 is 5.82 Å². The number of aromatic nitrogens is 1. The van der Waals surface area contributed by atoms with E-state index in [1.165, 1.54) is 22.9 Å². The van der Waals surface area contributed by atoms with E-state index in [1.807, 2.05) is 0 Å². The zero-order valence-electron chi connectivity index (χ0n) is 10.3. The number of carbonyl (C=O) groups is 1. The molecule has 1 aromatic rings. The summed E-state index contributed by atoms with van der Waals surface area (Å²) in [5, 5.41) is 10.6. The van der Waals surface area contributed by atoms with E-state index in [2.05, 4.69) is 4.18 Å². The maximum absolute atomic E-state index is 11.6. The van der Waals surface area contributed by atoms with Crippen LogP contribution in [0.4, 0.5) is 5.82 Å². The topological polar surface area (TPSA) is 109 Å². The first-order valence-electron chi connectivity index (χ1n) is 5.45. The summed E-state index contributed by atoms with van der Waals surface area (Å²) in [6.07, 6.45) is 2.73. The van der Waals surface area contributed by atoms with Crippen LogP contribution in [0.15, 0.2) is 18.3 Å². The Balaban J connectivity index is 2.39. The Bertz CT molecular complexity index is 562. The number of rotatable bonds is 8. The molecule has 9 heteroatoms. The molecule has 106 valence electrons. The summed E-state index contributed by atoms with van der Waals surface area (Å²) in [5.41, 5.74) is 0. The van der Waals surface area contributed by atoms with Gasteiger partial charge in [0.2, 0.25) is 0 Å². The van der Waals surface area contributed by atoms with Crippen LogP contribution in [0.2, 0.25) is 0 Å². The average Bonchev–Trinajstić information content (AvgIpc) is 2.71.